The molecule has 2 aliphatic carbocycles. The summed E-state index contributed by atoms with van der Waals surface area (Å²) in [5, 5.41) is 31.8. The fourth-order valence-corrected chi connectivity index (χ4v) is 8.89. The predicted molar refractivity (Wildman–Crippen MR) is 230 cm³/mol. The number of benzene rings is 8. The van der Waals surface area contributed by atoms with Gasteiger partial charge in [-0.3, -0.25) is 0 Å². The zero-order valence-electron chi connectivity index (χ0n) is 30.9. The zero-order chi connectivity index (χ0) is 37.7. The van der Waals surface area contributed by atoms with Gasteiger partial charge in [0, 0.05) is 5.57 Å². The highest BCUT2D eigenvalue weighted by molar-refractivity contribution is 6.01. The highest BCUT2D eigenvalue weighted by Gasteiger charge is 2.43. The molecular formula is C52H40O4. The van der Waals surface area contributed by atoms with Crippen LogP contribution in [0.5, 0.6) is 0 Å². The largest absolute Gasteiger partial charge is 0.394 e. The quantitative estimate of drug-likeness (QED) is 0.115. The molecule has 0 heterocycles. The Hall–Kier alpha value is -6.14. The van der Waals surface area contributed by atoms with Crippen LogP contribution in [-0.4, -0.2) is 42.4 Å². The third kappa shape index (κ3) is 5.69. The first-order chi connectivity index (χ1) is 27.6. The van der Waals surface area contributed by atoms with E-state index in [9.17, 15) is 10.2 Å². The monoisotopic (exact) mass is 728 g/mol. The molecule has 0 aliphatic heterocycles. The number of aliphatic hydroxyl groups is 2. The molecule has 8 aromatic carbocycles. The van der Waals surface area contributed by atoms with Crippen LogP contribution in [0.25, 0.3) is 59.4 Å². The Morgan fingerprint density at radius 2 is 0.946 bits per heavy atom. The SMILES string of the molecule is OCCOC1(OCCO)C=CC2=CC(c3ccc4cc5ccccc5cc4c3)(c3ccc4cc5ccccc5cc4c3)C=CC2=C1c1cccc2ccccc12. The summed E-state index contributed by atoms with van der Waals surface area (Å²) in [5.41, 5.74) is 5.49. The highest BCUT2D eigenvalue weighted by atomic mass is 16.7. The van der Waals surface area contributed by atoms with Gasteiger partial charge in [-0.15, -0.1) is 0 Å². The maximum atomic E-state index is 9.99. The summed E-state index contributed by atoms with van der Waals surface area (Å²) < 4.78 is 13.0. The van der Waals surface area contributed by atoms with Gasteiger partial charge in [0.25, 0.3) is 0 Å². The third-order valence-corrected chi connectivity index (χ3v) is 11.5. The van der Waals surface area contributed by atoms with Crippen molar-refractivity contribution in [3.8, 4) is 0 Å². The normalized spacial score (nSPS) is 15.9. The Bertz CT molecular complexity index is 2830. The van der Waals surface area contributed by atoms with Crippen LogP contribution >= 0.6 is 0 Å². The standard InChI is InChI=1S/C52H40O4/c53-24-26-55-52(56-27-25-54)23-20-42-34-51(45-18-16-40-28-36-9-1-3-11-38(36)30-43(40)32-45,46-19-17-41-29-37-10-2-4-12-39(37)31-44(41)33-46)22-21-48(42)50(52)49-15-7-13-35-8-5-6-14-47(35)49/h1-23,28-34,53-54H,24-27H2. The van der Waals surface area contributed by atoms with Crippen molar-refractivity contribution in [3.63, 3.8) is 0 Å². The molecule has 0 aromatic heterocycles. The zero-order valence-corrected chi connectivity index (χ0v) is 30.9. The van der Waals surface area contributed by atoms with Gasteiger partial charge in [0.15, 0.2) is 0 Å². The van der Waals surface area contributed by atoms with E-state index >= 15 is 0 Å². The molecule has 4 nitrogen and oxygen atoms in total. The fourth-order valence-electron chi connectivity index (χ4n) is 8.89. The van der Waals surface area contributed by atoms with E-state index in [0.717, 1.165) is 44.2 Å². The van der Waals surface area contributed by atoms with E-state index in [4.69, 9.17) is 9.47 Å². The highest BCUT2D eigenvalue weighted by Crippen LogP contribution is 2.50. The topological polar surface area (TPSA) is 58.9 Å². The lowest BCUT2D eigenvalue weighted by molar-refractivity contribution is -0.173. The number of hydrogen-bond donors (Lipinski definition) is 2. The Labute approximate surface area is 325 Å². The second-order valence-electron chi connectivity index (χ2n) is 14.8. The van der Waals surface area contributed by atoms with Gasteiger partial charge in [0.1, 0.15) is 0 Å². The second-order valence-corrected chi connectivity index (χ2v) is 14.8. The molecule has 0 radical (unpaired) electrons. The summed E-state index contributed by atoms with van der Waals surface area (Å²) in [4.78, 5) is 0. The molecule has 272 valence electrons. The van der Waals surface area contributed by atoms with Crippen LogP contribution in [-0.2, 0) is 14.9 Å². The van der Waals surface area contributed by atoms with Gasteiger partial charge in [0.2, 0.25) is 5.79 Å². The van der Waals surface area contributed by atoms with Crippen molar-refractivity contribution in [1.29, 1.82) is 0 Å². The Morgan fingerprint density at radius 3 is 1.52 bits per heavy atom. The maximum absolute atomic E-state index is 9.99. The summed E-state index contributed by atoms with van der Waals surface area (Å²) in [7, 11) is 0. The van der Waals surface area contributed by atoms with Crippen LogP contribution in [0.1, 0.15) is 16.7 Å². The first-order valence-corrected chi connectivity index (χ1v) is 19.3. The Kier molecular flexibility index (Phi) is 8.50. The minimum Gasteiger partial charge on any atom is -0.394 e. The van der Waals surface area contributed by atoms with Crippen LogP contribution in [0, 0.1) is 0 Å². The van der Waals surface area contributed by atoms with Gasteiger partial charge in [-0.05, 0) is 124 Å². The van der Waals surface area contributed by atoms with Crippen molar-refractivity contribution < 1.29 is 19.7 Å². The summed E-state index contributed by atoms with van der Waals surface area (Å²) >= 11 is 0. The third-order valence-electron chi connectivity index (χ3n) is 11.5. The molecule has 0 spiro atoms. The smallest absolute Gasteiger partial charge is 0.216 e. The van der Waals surface area contributed by atoms with E-state index in [1.165, 1.54) is 43.1 Å². The summed E-state index contributed by atoms with van der Waals surface area (Å²) in [6.07, 6.45) is 11.0. The van der Waals surface area contributed by atoms with E-state index in [1.807, 2.05) is 18.2 Å². The lowest BCUT2D eigenvalue weighted by atomic mass is 9.67. The van der Waals surface area contributed by atoms with Crippen molar-refractivity contribution in [2.75, 3.05) is 26.4 Å². The fraction of sp³-hybridized carbons (Fsp3) is 0.115. The first-order valence-electron chi connectivity index (χ1n) is 19.3. The lowest BCUT2D eigenvalue weighted by Crippen LogP contribution is -2.40. The Morgan fingerprint density at radius 1 is 0.446 bits per heavy atom. The molecule has 0 saturated heterocycles. The molecule has 10 rings (SSSR count). The number of hydrogen-bond acceptors (Lipinski definition) is 4. The number of ether oxygens (including phenoxy) is 2. The van der Waals surface area contributed by atoms with E-state index in [2.05, 4.69) is 164 Å². The van der Waals surface area contributed by atoms with Crippen LogP contribution in [0.4, 0.5) is 0 Å². The van der Waals surface area contributed by atoms with Crippen LogP contribution in [0.15, 0.2) is 193 Å². The molecule has 0 fully saturated rings. The molecule has 2 N–H and O–H groups in total. The molecule has 2 aliphatic rings. The van der Waals surface area contributed by atoms with Gasteiger partial charge < -0.3 is 19.7 Å². The average molecular weight is 729 g/mol. The Balaban J connectivity index is 1.23. The number of aliphatic hydroxyl groups excluding tert-OH is 2. The van der Waals surface area contributed by atoms with E-state index in [-0.39, 0.29) is 26.4 Å². The minimum absolute atomic E-state index is 0.0571. The van der Waals surface area contributed by atoms with E-state index in [0.29, 0.717) is 0 Å². The maximum Gasteiger partial charge on any atom is 0.216 e. The molecule has 0 bridgehead atoms. The van der Waals surface area contributed by atoms with E-state index < -0.39 is 11.2 Å². The number of allylic oxidation sites excluding steroid dienone is 6. The van der Waals surface area contributed by atoms with Crippen LogP contribution in [0.2, 0.25) is 0 Å². The second kappa shape index (κ2) is 13.9. The predicted octanol–water partition coefficient (Wildman–Crippen LogP) is 11.0. The molecule has 0 unspecified atom stereocenters. The van der Waals surface area contributed by atoms with Crippen molar-refractivity contribution in [1.82, 2.24) is 0 Å². The molecule has 0 atom stereocenters. The first kappa shape index (κ1) is 34.4. The molecule has 8 aromatic rings. The van der Waals surface area contributed by atoms with Gasteiger partial charge >= 0.3 is 0 Å². The average Bonchev–Trinajstić information content (AvgIpc) is 3.25. The summed E-state index contributed by atoms with van der Waals surface area (Å²) in [6.45, 7) is -0.234. The summed E-state index contributed by atoms with van der Waals surface area (Å²) in [5.74, 6) is -1.35. The number of rotatable bonds is 9. The minimum atomic E-state index is -1.35. The molecule has 4 heteroatoms. The molecule has 0 amide bonds. The molecule has 0 saturated carbocycles. The molecule has 56 heavy (non-hydrogen) atoms. The lowest BCUT2D eigenvalue weighted by Gasteiger charge is -2.40. The van der Waals surface area contributed by atoms with Gasteiger partial charge in [-0.25, -0.2) is 0 Å². The van der Waals surface area contributed by atoms with Crippen molar-refractivity contribution >= 4 is 59.4 Å². The van der Waals surface area contributed by atoms with Crippen LogP contribution in [0.3, 0.4) is 0 Å². The van der Waals surface area contributed by atoms with E-state index in [1.54, 1.807) is 0 Å². The number of fused-ring (bicyclic) bond motifs is 6. The van der Waals surface area contributed by atoms with Crippen LogP contribution < -0.4 is 0 Å². The van der Waals surface area contributed by atoms with Gasteiger partial charge in [0.05, 0.1) is 31.8 Å². The molecular weight excluding hydrogens is 689 g/mol. The van der Waals surface area contributed by atoms with Crippen molar-refractivity contribution in [2.45, 2.75) is 11.2 Å². The summed E-state index contributed by atoms with van der Waals surface area (Å²) in [6, 6.07) is 54.5. The van der Waals surface area contributed by atoms with Crippen molar-refractivity contribution in [3.05, 3.63) is 210 Å². The van der Waals surface area contributed by atoms with Gasteiger partial charge in [-0.2, -0.15) is 0 Å². The van der Waals surface area contributed by atoms with Gasteiger partial charge in [-0.1, -0.05) is 140 Å². The van der Waals surface area contributed by atoms with Crippen molar-refractivity contribution in [2.24, 2.45) is 0 Å².